The SMILES string of the molecule is CCCCC(=O)C1C2CCC(C)CC21. The number of fused-ring (bicyclic) bond motifs is 1. The maximum absolute atomic E-state index is 11.8. The van der Waals surface area contributed by atoms with Gasteiger partial charge in [-0.15, -0.1) is 0 Å². The molecule has 1 heteroatoms. The second-order valence-electron chi connectivity index (χ2n) is 5.34. The Balaban J connectivity index is 1.81. The molecule has 0 aromatic rings. The zero-order valence-electron chi connectivity index (χ0n) is 9.46. The van der Waals surface area contributed by atoms with E-state index in [9.17, 15) is 4.79 Å². The van der Waals surface area contributed by atoms with Crippen LogP contribution in [-0.2, 0) is 4.79 Å². The minimum absolute atomic E-state index is 0.492. The monoisotopic (exact) mass is 194 g/mol. The van der Waals surface area contributed by atoms with Crippen LogP contribution in [0.15, 0.2) is 0 Å². The summed E-state index contributed by atoms with van der Waals surface area (Å²) in [4.78, 5) is 11.8. The van der Waals surface area contributed by atoms with Crippen LogP contribution in [0.3, 0.4) is 0 Å². The van der Waals surface area contributed by atoms with Crippen molar-refractivity contribution in [2.24, 2.45) is 23.7 Å². The molecular formula is C13H22O. The molecule has 0 aromatic carbocycles. The first-order chi connectivity index (χ1) is 6.74. The number of carbonyl (C=O) groups is 1. The first-order valence-corrected chi connectivity index (χ1v) is 6.26. The van der Waals surface area contributed by atoms with Gasteiger partial charge in [0.1, 0.15) is 5.78 Å². The summed E-state index contributed by atoms with van der Waals surface area (Å²) in [5.41, 5.74) is 0. The third-order valence-corrected chi connectivity index (χ3v) is 4.15. The molecule has 4 unspecified atom stereocenters. The van der Waals surface area contributed by atoms with Gasteiger partial charge in [-0.25, -0.2) is 0 Å². The van der Waals surface area contributed by atoms with Gasteiger partial charge < -0.3 is 0 Å². The van der Waals surface area contributed by atoms with Gasteiger partial charge in [0, 0.05) is 12.3 Å². The molecule has 0 N–H and O–H groups in total. The van der Waals surface area contributed by atoms with Gasteiger partial charge in [-0.2, -0.15) is 0 Å². The third-order valence-electron chi connectivity index (χ3n) is 4.15. The van der Waals surface area contributed by atoms with E-state index in [1.54, 1.807) is 0 Å². The number of hydrogen-bond acceptors (Lipinski definition) is 1. The van der Waals surface area contributed by atoms with Crippen LogP contribution in [0.5, 0.6) is 0 Å². The van der Waals surface area contributed by atoms with Gasteiger partial charge in [-0.3, -0.25) is 4.79 Å². The number of hydrogen-bond donors (Lipinski definition) is 0. The topological polar surface area (TPSA) is 17.1 Å². The Bertz CT molecular complexity index is 221. The molecule has 0 aliphatic heterocycles. The molecule has 0 saturated heterocycles. The van der Waals surface area contributed by atoms with E-state index in [1.807, 2.05) is 0 Å². The molecule has 14 heavy (non-hydrogen) atoms. The average molecular weight is 194 g/mol. The number of ketones is 1. The lowest BCUT2D eigenvalue weighted by Crippen LogP contribution is -2.04. The summed E-state index contributed by atoms with van der Waals surface area (Å²) in [6, 6.07) is 0. The molecule has 2 aliphatic carbocycles. The maximum atomic E-state index is 11.8. The van der Waals surface area contributed by atoms with Crippen molar-refractivity contribution in [3.8, 4) is 0 Å². The minimum Gasteiger partial charge on any atom is -0.299 e. The quantitative estimate of drug-likeness (QED) is 0.670. The van der Waals surface area contributed by atoms with Crippen molar-refractivity contribution in [3.63, 3.8) is 0 Å². The normalized spacial score (nSPS) is 40.4. The van der Waals surface area contributed by atoms with E-state index in [-0.39, 0.29) is 0 Å². The van der Waals surface area contributed by atoms with E-state index < -0.39 is 0 Å². The highest BCUT2D eigenvalue weighted by Gasteiger charge is 2.54. The lowest BCUT2D eigenvalue weighted by Gasteiger charge is -2.14. The Hall–Kier alpha value is -0.330. The molecule has 2 rings (SSSR count). The van der Waals surface area contributed by atoms with Gasteiger partial charge in [0.05, 0.1) is 0 Å². The highest BCUT2D eigenvalue weighted by atomic mass is 16.1. The van der Waals surface area contributed by atoms with E-state index in [0.717, 1.165) is 37.0 Å². The van der Waals surface area contributed by atoms with Crippen molar-refractivity contribution >= 4 is 5.78 Å². The molecule has 0 aromatic heterocycles. The zero-order chi connectivity index (χ0) is 10.1. The lowest BCUT2D eigenvalue weighted by molar-refractivity contribution is -0.120. The maximum Gasteiger partial charge on any atom is 0.136 e. The van der Waals surface area contributed by atoms with Crippen LogP contribution in [0.1, 0.15) is 52.4 Å². The second kappa shape index (κ2) is 4.04. The molecule has 0 radical (unpaired) electrons. The van der Waals surface area contributed by atoms with Crippen molar-refractivity contribution in [1.82, 2.24) is 0 Å². The summed E-state index contributed by atoms with van der Waals surface area (Å²) in [5, 5.41) is 0. The molecule has 4 atom stereocenters. The summed E-state index contributed by atoms with van der Waals surface area (Å²) in [5.74, 6) is 3.54. The van der Waals surface area contributed by atoms with E-state index in [4.69, 9.17) is 0 Å². The van der Waals surface area contributed by atoms with Crippen LogP contribution in [-0.4, -0.2) is 5.78 Å². The molecule has 0 spiro atoms. The average Bonchev–Trinajstić information content (AvgIpc) is 2.87. The highest BCUT2D eigenvalue weighted by molar-refractivity contribution is 5.84. The number of Topliss-reactive ketones (excluding diaryl/α,β-unsaturated/α-hetero) is 1. The number of rotatable bonds is 4. The van der Waals surface area contributed by atoms with E-state index in [0.29, 0.717) is 11.7 Å². The Morgan fingerprint density at radius 1 is 1.29 bits per heavy atom. The fourth-order valence-electron chi connectivity index (χ4n) is 3.21. The van der Waals surface area contributed by atoms with Crippen molar-refractivity contribution in [3.05, 3.63) is 0 Å². The van der Waals surface area contributed by atoms with Crippen LogP contribution in [0.25, 0.3) is 0 Å². The van der Waals surface area contributed by atoms with Crippen molar-refractivity contribution in [2.75, 3.05) is 0 Å². The van der Waals surface area contributed by atoms with Crippen molar-refractivity contribution in [2.45, 2.75) is 52.4 Å². The molecule has 2 fully saturated rings. The summed E-state index contributed by atoms with van der Waals surface area (Å²) in [6.45, 7) is 4.50. The standard InChI is InChI=1S/C13H22O/c1-3-4-5-12(14)13-10-7-6-9(2)8-11(10)13/h9-11,13H,3-8H2,1-2H3. The molecule has 0 heterocycles. The molecule has 2 aliphatic rings. The lowest BCUT2D eigenvalue weighted by atomic mass is 9.91. The number of carbonyl (C=O) groups excluding carboxylic acids is 1. The first-order valence-electron chi connectivity index (χ1n) is 6.26. The van der Waals surface area contributed by atoms with Gasteiger partial charge >= 0.3 is 0 Å². The van der Waals surface area contributed by atoms with Gasteiger partial charge in [0.15, 0.2) is 0 Å². The summed E-state index contributed by atoms with van der Waals surface area (Å²) >= 11 is 0. The van der Waals surface area contributed by atoms with Crippen molar-refractivity contribution in [1.29, 1.82) is 0 Å². The second-order valence-corrected chi connectivity index (χ2v) is 5.34. The molecule has 0 amide bonds. The fraction of sp³-hybridized carbons (Fsp3) is 0.923. The molecule has 2 saturated carbocycles. The van der Waals surface area contributed by atoms with Crippen LogP contribution in [0, 0.1) is 23.7 Å². The van der Waals surface area contributed by atoms with E-state index in [1.165, 1.54) is 19.3 Å². The predicted molar refractivity (Wildman–Crippen MR) is 58.0 cm³/mol. The van der Waals surface area contributed by atoms with Crippen LogP contribution < -0.4 is 0 Å². The van der Waals surface area contributed by atoms with Gasteiger partial charge in [0.25, 0.3) is 0 Å². The Labute approximate surface area is 87.3 Å². The third kappa shape index (κ3) is 1.87. The summed E-state index contributed by atoms with van der Waals surface area (Å²) in [6.07, 6.45) is 7.12. The Morgan fingerprint density at radius 3 is 2.71 bits per heavy atom. The van der Waals surface area contributed by atoms with Gasteiger partial charge in [-0.1, -0.05) is 26.7 Å². The Kier molecular flexibility index (Phi) is 2.94. The molecule has 0 bridgehead atoms. The smallest absolute Gasteiger partial charge is 0.136 e. The summed E-state index contributed by atoms with van der Waals surface area (Å²) < 4.78 is 0. The molecule has 1 nitrogen and oxygen atoms in total. The Morgan fingerprint density at radius 2 is 2.07 bits per heavy atom. The predicted octanol–water partition coefficient (Wildman–Crippen LogP) is 3.43. The number of unbranched alkanes of at least 4 members (excludes halogenated alkanes) is 1. The largest absolute Gasteiger partial charge is 0.299 e. The first kappa shape index (κ1) is 10.2. The summed E-state index contributed by atoms with van der Waals surface area (Å²) in [7, 11) is 0. The van der Waals surface area contributed by atoms with Crippen LogP contribution in [0.4, 0.5) is 0 Å². The van der Waals surface area contributed by atoms with Gasteiger partial charge in [-0.05, 0) is 37.0 Å². The van der Waals surface area contributed by atoms with E-state index >= 15 is 0 Å². The van der Waals surface area contributed by atoms with Crippen molar-refractivity contribution < 1.29 is 4.79 Å². The fourth-order valence-corrected chi connectivity index (χ4v) is 3.21. The molecular weight excluding hydrogens is 172 g/mol. The van der Waals surface area contributed by atoms with E-state index in [2.05, 4.69) is 13.8 Å². The zero-order valence-corrected chi connectivity index (χ0v) is 9.46. The highest BCUT2D eigenvalue weighted by Crippen LogP contribution is 2.57. The van der Waals surface area contributed by atoms with Gasteiger partial charge in [0.2, 0.25) is 0 Å². The van der Waals surface area contributed by atoms with Crippen LogP contribution >= 0.6 is 0 Å². The minimum atomic E-state index is 0.492. The van der Waals surface area contributed by atoms with Crippen LogP contribution in [0.2, 0.25) is 0 Å². The molecule has 80 valence electrons.